The van der Waals surface area contributed by atoms with Crippen molar-refractivity contribution in [1.82, 2.24) is 0 Å². The van der Waals surface area contributed by atoms with Gasteiger partial charge in [-0.1, -0.05) is 34.8 Å². The maximum atomic E-state index is 12.0. The molecule has 3 rings (SSSR count). The second kappa shape index (κ2) is 5.26. The zero-order valence-corrected chi connectivity index (χ0v) is 12.7. The maximum absolute atomic E-state index is 12.0. The van der Waals surface area contributed by atoms with Crippen LogP contribution in [0.25, 0.3) is 11.6 Å². The largest absolute Gasteiger partial charge is 0.505 e. The van der Waals surface area contributed by atoms with E-state index >= 15 is 0 Å². The lowest BCUT2D eigenvalue weighted by Gasteiger charge is -2.03. The fraction of sp³-hybridized carbons (Fsp3) is 0. The Balaban J connectivity index is 2.13. The van der Waals surface area contributed by atoms with Crippen LogP contribution in [0, 0.1) is 0 Å². The van der Waals surface area contributed by atoms with E-state index < -0.39 is 0 Å². The molecule has 1 amide bonds. The fourth-order valence-corrected chi connectivity index (χ4v) is 2.81. The number of halogens is 3. The number of phenols is 1. The van der Waals surface area contributed by atoms with E-state index in [4.69, 9.17) is 34.8 Å². The second-order valence-corrected chi connectivity index (χ2v) is 5.79. The number of phenolic OH excluding ortho intramolecular Hbond substituents is 1. The molecule has 0 unspecified atom stereocenters. The van der Waals surface area contributed by atoms with Crippen molar-refractivity contribution in [3.8, 4) is 5.75 Å². The molecule has 2 N–H and O–H groups in total. The lowest BCUT2D eigenvalue weighted by atomic mass is 10.0. The summed E-state index contributed by atoms with van der Waals surface area (Å²) >= 11 is 17.7. The lowest BCUT2D eigenvalue weighted by Crippen LogP contribution is -2.03. The van der Waals surface area contributed by atoms with Crippen LogP contribution in [-0.2, 0) is 4.79 Å². The van der Waals surface area contributed by atoms with Crippen molar-refractivity contribution < 1.29 is 9.90 Å². The van der Waals surface area contributed by atoms with Crippen molar-refractivity contribution in [3.05, 3.63) is 56.5 Å². The van der Waals surface area contributed by atoms with Gasteiger partial charge in [-0.25, -0.2) is 0 Å². The number of rotatable bonds is 1. The summed E-state index contributed by atoms with van der Waals surface area (Å²) < 4.78 is 0. The van der Waals surface area contributed by atoms with E-state index in [0.29, 0.717) is 27.4 Å². The van der Waals surface area contributed by atoms with Gasteiger partial charge in [0.05, 0.1) is 10.0 Å². The molecule has 2 aromatic rings. The lowest BCUT2D eigenvalue weighted by molar-refractivity contribution is -0.110. The van der Waals surface area contributed by atoms with E-state index in [0.717, 1.165) is 0 Å². The SMILES string of the molecule is O=C1Nc2ccc(Cl)cc2/C1=C\c1cc(Cl)c(O)c(Cl)c1. The van der Waals surface area contributed by atoms with Crippen LogP contribution in [0.15, 0.2) is 30.3 Å². The molecule has 1 heterocycles. The van der Waals surface area contributed by atoms with Crippen molar-refractivity contribution in [3.63, 3.8) is 0 Å². The van der Waals surface area contributed by atoms with Crippen LogP contribution in [-0.4, -0.2) is 11.0 Å². The summed E-state index contributed by atoms with van der Waals surface area (Å²) in [6.07, 6.45) is 1.65. The Hall–Kier alpha value is -1.68. The maximum Gasteiger partial charge on any atom is 0.256 e. The zero-order chi connectivity index (χ0) is 15.1. The molecule has 0 aliphatic carbocycles. The van der Waals surface area contributed by atoms with Gasteiger partial charge in [-0.3, -0.25) is 4.79 Å². The Labute approximate surface area is 135 Å². The topological polar surface area (TPSA) is 49.3 Å². The van der Waals surface area contributed by atoms with Gasteiger partial charge in [0.1, 0.15) is 0 Å². The Morgan fingerprint density at radius 3 is 2.38 bits per heavy atom. The molecular weight excluding hydrogens is 333 g/mol. The number of amides is 1. The number of nitrogens with one attached hydrogen (secondary N) is 1. The molecule has 1 aliphatic heterocycles. The summed E-state index contributed by atoms with van der Waals surface area (Å²) in [4.78, 5) is 12.0. The Bertz CT molecular complexity index is 776. The third-order valence-electron chi connectivity index (χ3n) is 3.11. The number of aromatic hydroxyl groups is 1. The molecule has 6 heteroatoms. The van der Waals surface area contributed by atoms with Gasteiger partial charge in [0.2, 0.25) is 0 Å². The highest BCUT2D eigenvalue weighted by Crippen LogP contribution is 2.37. The van der Waals surface area contributed by atoms with Gasteiger partial charge in [-0.05, 0) is 42.0 Å². The Kier molecular flexibility index (Phi) is 3.57. The van der Waals surface area contributed by atoms with Crippen LogP contribution < -0.4 is 5.32 Å². The average Bonchev–Trinajstić information content (AvgIpc) is 2.72. The van der Waals surface area contributed by atoms with Crippen LogP contribution >= 0.6 is 34.8 Å². The number of carbonyl (C=O) groups excluding carboxylic acids is 1. The van der Waals surface area contributed by atoms with Crippen LogP contribution in [0.1, 0.15) is 11.1 Å². The number of carbonyl (C=O) groups is 1. The molecule has 106 valence electrons. The standard InChI is InChI=1S/C15H8Cl3NO2/c16-8-1-2-13-9(6-8)10(15(21)19-13)3-7-4-11(17)14(20)12(18)5-7/h1-6,20H,(H,19,21)/b10-3+. The van der Waals surface area contributed by atoms with Crippen molar-refractivity contribution in [2.75, 3.05) is 5.32 Å². The van der Waals surface area contributed by atoms with Crippen LogP contribution in [0.2, 0.25) is 15.1 Å². The molecule has 0 spiro atoms. The molecule has 0 fully saturated rings. The highest BCUT2D eigenvalue weighted by molar-refractivity contribution is 6.38. The quantitative estimate of drug-likeness (QED) is 0.729. The summed E-state index contributed by atoms with van der Waals surface area (Å²) in [6.45, 7) is 0. The minimum absolute atomic E-state index is 0.124. The number of hydrogen-bond donors (Lipinski definition) is 2. The van der Waals surface area contributed by atoms with Gasteiger partial charge < -0.3 is 10.4 Å². The van der Waals surface area contributed by atoms with E-state index in [1.54, 1.807) is 24.3 Å². The summed E-state index contributed by atoms with van der Waals surface area (Å²) in [5, 5.41) is 13.1. The van der Waals surface area contributed by atoms with Gasteiger partial charge in [-0.2, -0.15) is 0 Å². The monoisotopic (exact) mass is 339 g/mol. The first-order chi connectivity index (χ1) is 9.95. The summed E-state index contributed by atoms with van der Waals surface area (Å²) in [7, 11) is 0. The highest BCUT2D eigenvalue weighted by atomic mass is 35.5. The van der Waals surface area contributed by atoms with Crippen molar-refractivity contribution in [2.45, 2.75) is 0 Å². The predicted molar refractivity (Wildman–Crippen MR) is 86.1 cm³/mol. The third kappa shape index (κ3) is 2.60. The van der Waals surface area contributed by atoms with Crippen LogP contribution in [0.4, 0.5) is 5.69 Å². The molecule has 0 atom stereocenters. The van der Waals surface area contributed by atoms with E-state index in [-0.39, 0.29) is 21.7 Å². The number of fused-ring (bicyclic) bond motifs is 1. The Morgan fingerprint density at radius 2 is 1.71 bits per heavy atom. The van der Waals surface area contributed by atoms with Crippen molar-refractivity contribution in [1.29, 1.82) is 0 Å². The molecule has 0 saturated carbocycles. The van der Waals surface area contributed by atoms with Gasteiger partial charge >= 0.3 is 0 Å². The summed E-state index contributed by atoms with van der Waals surface area (Å²) in [6, 6.07) is 8.23. The first kappa shape index (κ1) is 14.3. The van der Waals surface area contributed by atoms with E-state index in [2.05, 4.69) is 5.32 Å². The van der Waals surface area contributed by atoms with Gasteiger partial charge in [-0.15, -0.1) is 0 Å². The minimum Gasteiger partial charge on any atom is -0.505 e. The van der Waals surface area contributed by atoms with Crippen LogP contribution in [0.3, 0.4) is 0 Å². The van der Waals surface area contributed by atoms with E-state index in [1.807, 2.05) is 0 Å². The van der Waals surface area contributed by atoms with Crippen molar-refractivity contribution in [2.24, 2.45) is 0 Å². The Morgan fingerprint density at radius 1 is 1.05 bits per heavy atom. The molecule has 3 nitrogen and oxygen atoms in total. The summed E-state index contributed by atoms with van der Waals surface area (Å²) in [5.41, 5.74) is 2.49. The minimum atomic E-state index is -0.229. The van der Waals surface area contributed by atoms with Gasteiger partial charge in [0, 0.05) is 21.8 Å². The smallest absolute Gasteiger partial charge is 0.256 e. The van der Waals surface area contributed by atoms with Gasteiger partial charge in [0.15, 0.2) is 5.75 Å². The average molecular weight is 341 g/mol. The number of hydrogen-bond acceptors (Lipinski definition) is 2. The van der Waals surface area contributed by atoms with E-state index in [1.165, 1.54) is 12.1 Å². The summed E-state index contributed by atoms with van der Waals surface area (Å²) in [5.74, 6) is -0.410. The first-order valence-corrected chi connectivity index (χ1v) is 7.10. The molecule has 1 aliphatic rings. The molecule has 0 saturated heterocycles. The fourth-order valence-electron chi connectivity index (χ4n) is 2.14. The first-order valence-electron chi connectivity index (χ1n) is 5.96. The second-order valence-electron chi connectivity index (χ2n) is 4.54. The van der Waals surface area contributed by atoms with E-state index in [9.17, 15) is 9.90 Å². The van der Waals surface area contributed by atoms with Crippen molar-refractivity contribution >= 4 is 58.0 Å². The normalized spacial score (nSPS) is 15.2. The predicted octanol–water partition coefficient (Wildman–Crippen LogP) is 4.85. The van der Waals surface area contributed by atoms with Gasteiger partial charge in [0.25, 0.3) is 5.91 Å². The zero-order valence-electron chi connectivity index (χ0n) is 10.5. The molecule has 0 radical (unpaired) electrons. The number of benzene rings is 2. The highest BCUT2D eigenvalue weighted by Gasteiger charge is 2.24. The molecular formula is C15H8Cl3NO2. The molecule has 21 heavy (non-hydrogen) atoms. The van der Waals surface area contributed by atoms with Crippen LogP contribution in [0.5, 0.6) is 5.75 Å². The molecule has 2 aromatic carbocycles. The molecule has 0 bridgehead atoms. The number of anilines is 1. The third-order valence-corrected chi connectivity index (χ3v) is 3.93. The molecule has 0 aromatic heterocycles.